The predicted octanol–water partition coefficient (Wildman–Crippen LogP) is 3.69. The molecule has 0 saturated carbocycles. The fourth-order valence-electron chi connectivity index (χ4n) is 2.57. The molecule has 98 valence electrons. The highest BCUT2D eigenvalue weighted by Crippen LogP contribution is 2.24. The second-order valence-corrected chi connectivity index (χ2v) is 5.31. The molecule has 0 saturated heterocycles. The van der Waals surface area contributed by atoms with Crippen molar-refractivity contribution in [2.24, 2.45) is 0 Å². The number of aromatic nitrogens is 1. The van der Waals surface area contributed by atoms with Crippen LogP contribution in [-0.2, 0) is 18.8 Å². The van der Waals surface area contributed by atoms with Crippen LogP contribution in [0.1, 0.15) is 22.3 Å². The van der Waals surface area contributed by atoms with E-state index >= 15 is 0 Å². The summed E-state index contributed by atoms with van der Waals surface area (Å²) in [6.07, 6.45) is 2.99. The Bertz CT molecular complexity index is 595. The van der Waals surface area contributed by atoms with Gasteiger partial charge < -0.3 is 4.90 Å². The molecule has 0 aliphatic carbocycles. The van der Waals surface area contributed by atoms with Crippen LogP contribution in [0.3, 0.4) is 0 Å². The third-order valence-electron chi connectivity index (χ3n) is 3.80. The third kappa shape index (κ3) is 2.45. The van der Waals surface area contributed by atoms with E-state index in [2.05, 4.69) is 47.1 Å². The molecule has 0 atom stereocenters. The van der Waals surface area contributed by atoms with Gasteiger partial charge in [-0.3, -0.25) is 0 Å². The van der Waals surface area contributed by atoms with Crippen molar-refractivity contribution in [2.75, 3.05) is 11.4 Å². The van der Waals surface area contributed by atoms with Crippen molar-refractivity contribution in [3.8, 4) is 0 Å². The van der Waals surface area contributed by atoms with Gasteiger partial charge in [-0.15, -0.1) is 11.6 Å². The minimum Gasteiger partial charge on any atom is -0.352 e. The van der Waals surface area contributed by atoms with Crippen molar-refractivity contribution in [2.45, 2.75) is 25.8 Å². The monoisotopic (exact) mass is 272 g/mol. The van der Waals surface area contributed by atoms with E-state index < -0.39 is 0 Å². The Balaban J connectivity index is 1.87. The van der Waals surface area contributed by atoms with Gasteiger partial charge in [-0.1, -0.05) is 24.3 Å². The molecule has 2 nitrogen and oxygen atoms in total. The number of fused-ring (bicyclic) bond motifs is 1. The Morgan fingerprint density at radius 3 is 2.79 bits per heavy atom. The van der Waals surface area contributed by atoms with E-state index in [1.54, 1.807) is 0 Å². The molecule has 2 aromatic rings. The Hall–Kier alpha value is -1.54. The average Bonchev–Trinajstić information content (AvgIpc) is 2.46. The lowest BCUT2D eigenvalue weighted by Gasteiger charge is -2.30. The average molecular weight is 273 g/mol. The van der Waals surface area contributed by atoms with E-state index in [1.807, 2.05) is 6.20 Å². The molecule has 0 bridgehead atoms. The number of nitrogens with zero attached hydrogens (tertiary/aromatic N) is 2. The largest absolute Gasteiger partial charge is 0.352 e. The van der Waals surface area contributed by atoms with Crippen LogP contribution in [-0.4, -0.2) is 11.5 Å². The first-order chi connectivity index (χ1) is 9.28. The summed E-state index contributed by atoms with van der Waals surface area (Å²) in [4.78, 5) is 6.89. The van der Waals surface area contributed by atoms with Gasteiger partial charge in [-0.2, -0.15) is 0 Å². The molecule has 0 fully saturated rings. The van der Waals surface area contributed by atoms with Crippen molar-refractivity contribution in [3.05, 3.63) is 58.8 Å². The number of benzene rings is 1. The van der Waals surface area contributed by atoms with Gasteiger partial charge in [0.15, 0.2) is 0 Å². The normalized spacial score (nSPS) is 14.3. The maximum absolute atomic E-state index is 5.88. The molecule has 1 aliphatic heterocycles. The Morgan fingerprint density at radius 1 is 1.26 bits per heavy atom. The standard InChI is InChI=1S/C16H17ClN2/c1-12-8-16(18-10-15(12)9-17)19-7-6-13-4-2-3-5-14(13)11-19/h2-5,8,10H,6-7,9,11H2,1H3. The highest BCUT2D eigenvalue weighted by atomic mass is 35.5. The lowest BCUT2D eigenvalue weighted by Crippen LogP contribution is -2.31. The van der Waals surface area contributed by atoms with Crippen LogP contribution in [0.5, 0.6) is 0 Å². The zero-order chi connectivity index (χ0) is 13.2. The zero-order valence-corrected chi connectivity index (χ0v) is 11.8. The van der Waals surface area contributed by atoms with E-state index in [1.165, 1.54) is 16.7 Å². The van der Waals surface area contributed by atoms with Crippen LogP contribution >= 0.6 is 11.6 Å². The smallest absolute Gasteiger partial charge is 0.129 e. The van der Waals surface area contributed by atoms with Crippen molar-refractivity contribution in [3.63, 3.8) is 0 Å². The van der Waals surface area contributed by atoms with Gasteiger partial charge in [0.1, 0.15) is 5.82 Å². The number of hydrogen-bond acceptors (Lipinski definition) is 2. The van der Waals surface area contributed by atoms with E-state index in [0.29, 0.717) is 5.88 Å². The van der Waals surface area contributed by atoms with E-state index in [0.717, 1.165) is 30.9 Å². The second kappa shape index (κ2) is 5.22. The van der Waals surface area contributed by atoms with E-state index in [9.17, 15) is 0 Å². The van der Waals surface area contributed by atoms with Crippen LogP contribution in [0, 0.1) is 6.92 Å². The highest BCUT2D eigenvalue weighted by Gasteiger charge is 2.17. The predicted molar refractivity (Wildman–Crippen MR) is 79.7 cm³/mol. The summed E-state index contributed by atoms with van der Waals surface area (Å²) in [5.74, 6) is 1.59. The molecule has 0 amide bonds. The number of alkyl halides is 1. The fraction of sp³-hybridized carbons (Fsp3) is 0.312. The number of rotatable bonds is 2. The summed E-state index contributed by atoms with van der Waals surface area (Å²) in [6, 6.07) is 10.8. The third-order valence-corrected chi connectivity index (χ3v) is 4.09. The summed E-state index contributed by atoms with van der Waals surface area (Å²) in [6.45, 7) is 4.08. The van der Waals surface area contributed by atoms with Gasteiger partial charge >= 0.3 is 0 Å². The van der Waals surface area contributed by atoms with Gasteiger partial charge in [-0.05, 0) is 41.7 Å². The summed E-state index contributed by atoms with van der Waals surface area (Å²) < 4.78 is 0. The Kier molecular flexibility index (Phi) is 3.43. The first-order valence-electron chi connectivity index (χ1n) is 6.61. The fourth-order valence-corrected chi connectivity index (χ4v) is 2.85. The molecule has 1 aliphatic rings. The quantitative estimate of drug-likeness (QED) is 0.775. The second-order valence-electron chi connectivity index (χ2n) is 5.04. The summed E-state index contributed by atoms with van der Waals surface area (Å²) in [5, 5.41) is 0. The molecule has 1 aromatic carbocycles. The number of pyridine rings is 1. The number of halogens is 1. The van der Waals surface area contributed by atoms with Crippen LogP contribution in [0.2, 0.25) is 0 Å². The molecule has 2 heterocycles. The van der Waals surface area contributed by atoms with Gasteiger partial charge in [-0.25, -0.2) is 4.98 Å². The van der Waals surface area contributed by atoms with Gasteiger partial charge in [0.2, 0.25) is 0 Å². The molecule has 1 aromatic heterocycles. The summed E-state index contributed by atoms with van der Waals surface area (Å²) in [5.41, 5.74) is 5.21. The molecule has 19 heavy (non-hydrogen) atoms. The van der Waals surface area contributed by atoms with Crippen molar-refractivity contribution < 1.29 is 0 Å². The molecule has 0 unspecified atom stereocenters. The zero-order valence-electron chi connectivity index (χ0n) is 11.1. The van der Waals surface area contributed by atoms with E-state index in [4.69, 9.17) is 11.6 Å². The number of anilines is 1. The van der Waals surface area contributed by atoms with Crippen LogP contribution < -0.4 is 4.90 Å². The Morgan fingerprint density at radius 2 is 2.05 bits per heavy atom. The van der Waals surface area contributed by atoms with Gasteiger partial charge in [0.05, 0.1) is 0 Å². The molecular weight excluding hydrogens is 256 g/mol. The molecule has 0 N–H and O–H groups in total. The number of aryl methyl sites for hydroxylation is 1. The van der Waals surface area contributed by atoms with Crippen molar-refractivity contribution >= 4 is 17.4 Å². The maximum atomic E-state index is 5.88. The van der Waals surface area contributed by atoms with E-state index in [-0.39, 0.29) is 0 Å². The molecule has 3 rings (SSSR count). The molecule has 0 radical (unpaired) electrons. The Labute approximate surface area is 119 Å². The van der Waals surface area contributed by atoms with Crippen LogP contribution in [0.15, 0.2) is 36.5 Å². The van der Waals surface area contributed by atoms with Crippen molar-refractivity contribution in [1.29, 1.82) is 0 Å². The van der Waals surface area contributed by atoms with Crippen molar-refractivity contribution in [1.82, 2.24) is 4.98 Å². The SMILES string of the molecule is Cc1cc(N2CCc3ccccc3C2)ncc1CCl. The molecule has 0 spiro atoms. The minimum absolute atomic E-state index is 0.530. The van der Waals surface area contributed by atoms with Gasteiger partial charge in [0.25, 0.3) is 0 Å². The van der Waals surface area contributed by atoms with Gasteiger partial charge in [0, 0.05) is 25.2 Å². The first kappa shape index (κ1) is 12.5. The lowest BCUT2D eigenvalue weighted by atomic mass is 10.00. The van der Waals surface area contributed by atoms with Crippen LogP contribution in [0.25, 0.3) is 0 Å². The highest BCUT2D eigenvalue weighted by molar-refractivity contribution is 6.17. The minimum atomic E-state index is 0.530. The topological polar surface area (TPSA) is 16.1 Å². The van der Waals surface area contributed by atoms with Crippen LogP contribution in [0.4, 0.5) is 5.82 Å². The lowest BCUT2D eigenvalue weighted by molar-refractivity contribution is 0.720. The molecular formula is C16H17ClN2. The molecule has 3 heteroatoms. The number of hydrogen-bond donors (Lipinski definition) is 0. The summed E-state index contributed by atoms with van der Waals surface area (Å²) in [7, 11) is 0. The summed E-state index contributed by atoms with van der Waals surface area (Å²) >= 11 is 5.88. The maximum Gasteiger partial charge on any atom is 0.129 e. The first-order valence-corrected chi connectivity index (χ1v) is 7.14.